The maximum Gasteiger partial charge on any atom is 0.315 e. The second-order valence-electron chi connectivity index (χ2n) is 3.93. The van der Waals surface area contributed by atoms with Gasteiger partial charge in [-0.15, -0.1) is 0 Å². The highest BCUT2D eigenvalue weighted by atomic mass is 16.5. The van der Waals surface area contributed by atoms with Crippen molar-refractivity contribution in [2.75, 3.05) is 19.8 Å². The second kappa shape index (κ2) is 8.47. The summed E-state index contributed by atoms with van der Waals surface area (Å²) < 4.78 is 5.18. The van der Waals surface area contributed by atoms with E-state index in [1.807, 2.05) is 32.0 Å². The van der Waals surface area contributed by atoms with E-state index in [9.17, 15) is 4.79 Å². The van der Waals surface area contributed by atoms with Crippen LogP contribution in [0.2, 0.25) is 0 Å². The largest absolute Gasteiger partial charge is 0.382 e. The van der Waals surface area contributed by atoms with E-state index in [1.54, 1.807) is 6.20 Å². The third-order valence-electron chi connectivity index (χ3n) is 2.43. The first-order valence-electron chi connectivity index (χ1n) is 6.27. The fourth-order valence-electron chi connectivity index (χ4n) is 1.47. The van der Waals surface area contributed by atoms with Gasteiger partial charge in [0.2, 0.25) is 0 Å². The smallest absolute Gasteiger partial charge is 0.315 e. The average molecular weight is 251 g/mol. The van der Waals surface area contributed by atoms with Crippen LogP contribution in [0.4, 0.5) is 4.79 Å². The standard InChI is InChI=1S/C13H21N3O2/c1-3-18-10-6-9-15-13(17)16-11(2)12-7-4-5-8-14-12/h4-5,7-8,11H,3,6,9-10H2,1-2H3,(H2,15,16,17). The molecular formula is C13H21N3O2. The van der Waals surface area contributed by atoms with Crippen LogP contribution < -0.4 is 10.6 Å². The number of rotatable bonds is 7. The molecule has 0 saturated heterocycles. The number of hydrogen-bond donors (Lipinski definition) is 2. The highest BCUT2D eigenvalue weighted by Crippen LogP contribution is 2.06. The summed E-state index contributed by atoms with van der Waals surface area (Å²) >= 11 is 0. The second-order valence-corrected chi connectivity index (χ2v) is 3.93. The molecule has 0 saturated carbocycles. The molecule has 0 aliphatic heterocycles. The summed E-state index contributed by atoms with van der Waals surface area (Å²) in [5, 5.41) is 5.62. The van der Waals surface area contributed by atoms with Crippen molar-refractivity contribution in [2.45, 2.75) is 26.3 Å². The summed E-state index contributed by atoms with van der Waals surface area (Å²) in [6.07, 6.45) is 2.53. The molecule has 1 atom stereocenters. The molecule has 1 rings (SSSR count). The first-order chi connectivity index (χ1) is 8.74. The molecular weight excluding hydrogens is 230 g/mol. The van der Waals surface area contributed by atoms with Crippen LogP contribution in [0.3, 0.4) is 0 Å². The molecule has 5 nitrogen and oxygen atoms in total. The Kier molecular flexibility index (Phi) is 6.79. The van der Waals surface area contributed by atoms with Gasteiger partial charge in [-0.25, -0.2) is 4.79 Å². The van der Waals surface area contributed by atoms with Crippen LogP contribution in [0.15, 0.2) is 24.4 Å². The van der Waals surface area contributed by atoms with E-state index in [1.165, 1.54) is 0 Å². The van der Waals surface area contributed by atoms with Gasteiger partial charge in [-0.05, 0) is 32.4 Å². The van der Waals surface area contributed by atoms with Crippen LogP contribution in [0.5, 0.6) is 0 Å². The summed E-state index contributed by atoms with van der Waals surface area (Å²) in [7, 11) is 0. The molecule has 0 radical (unpaired) electrons. The maximum atomic E-state index is 11.6. The Bertz CT molecular complexity index is 343. The predicted octanol–water partition coefficient (Wildman–Crippen LogP) is 1.87. The zero-order valence-electron chi connectivity index (χ0n) is 11.0. The number of nitrogens with one attached hydrogen (secondary N) is 2. The number of amides is 2. The summed E-state index contributed by atoms with van der Waals surface area (Å²) in [5.41, 5.74) is 0.849. The Labute approximate surface area is 108 Å². The van der Waals surface area contributed by atoms with Gasteiger partial charge in [0.1, 0.15) is 0 Å². The molecule has 1 unspecified atom stereocenters. The molecule has 2 N–H and O–H groups in total. The fourth-order valence-corrected chi connectivity index (χ4v) is 1.47. The Morgan fingerprint density at radius 2 is 2.33 bits per heavy atom. The van der Waals surface area contributed by atoms with E-state index >= 15 is 0 Å². The van der Waals surface area contributed by atoms with Crippen molar-refractivity contribution in [3.05, 3.63) is 30.1 Å². The van der Waals surface area contributed by atoms with Gasteiger partial charge in [-0.2, -0.15) is 0 Å². The summed E-state index contributed by atoms with van der Waals surface area (Å²) in [4.78, 5) is 15.8. The normalized spacial score (nSPS) is 11.9. The van der Waals surface area contributed by atoms with Crippen LogP contribution in [0.25, 0.3) is 0 Å². The fraction of sp³-hybridized carbons (Fsp3) is 0.538. The van der Waals surface area contributed by atoms with E-state index in [0.29, 0.717) is 19.8 Å². The number of carbonyl (C=O) groups is 1. The molecule has 0 aromatic carbocycles. The molecule has 1 aromatic heterocycles. The monoisotopic (exact) mass is 251 g/mol. The van der Waals surface area contributed by atoms with Gasteiger partial charge in [0.05, 0.1) is 11.7 Å². The number of carbonyl (C=O) groups excluding carboxylic acids is 1. The third-order valence-corrected chi connectivity index (χ3v) is 2.43. The van der Waals surface area contributed by atoms with Crippen LogP contribution in [0.1, 0.15) is 32.0 Å². The van der Waals surface area contributed by atoms with Gasteiger partial charge >= 0.3 is 6.03 Å². The Morgan fingerprint density at radius 3 is 3.00 bits per heavy atom. The van der Waals surface area contributed by atoms with Crippen LogP contribution >= 0.6 is 0 Å². The molecule has 0 spiro atoms. The zero-order valence-corrected chi connectivity index (χ0v) is 11.0. The molecule has 0 bridgehead atoms. The lowest BCUT2D eigenvalue weighted by Gasteiger charge is -2.14. The number of hydrogen-bond acceptors (Lipinski definition) is 3. The lowest BCUT2D eigenvalue weighted by atomic mass is 10.2. The lowest BCUT2D eigenvalue weighted by Crippen LogP contribution is -2.38. The lowest BCUT2D eigenvalue weighted by molar-refractivity contribution is 0.145. The molecule has 5 heteroatoms. The zero-order chi connectivity index (χ0) is 13.2. The van der Waals surface area contributed by atoms with E-state index in [4.69, 9.17) is 4.74 Å². The van der Waals surface area contributed by atoms with Crippen LogP contribution in [0, 0.1) is 0 Å². The van der Waals surface area contributed by atoms with E-state index < -0.39 is 0 Å². The van der Waals surface area contributed by atoms with E-state index in [2.05, 4.69) is 15.6 Å². The number of urea groups is 1. The molecule has 1 aromatic rings. The van der Waals surface area contributed by atoms with Crippen LogP contribution in [-0.4, -0.2) is 30.8 Å². The summed E-state index contributed by atoms with van der Waals surface area (Å²) in [5.74, 6) is 0. The maximum absolute atomic E-state index is 11.6. The molecule has 18 heavy (non-hydrogen) atoms. The molecule has 2 amide bonds. The summed E-state index contributed by atoms with van der Waals surface area (Å²) in [6, 6.07) is 5.37. The van der Waals surface area contributed by atoms with Crippen molar-refractivity contribution in [1.82, 2.24) is 15.6 Å². The minimum atomic E-state index is -0.176. The van der Waals surface area contributed by atoms with Gasteiger partial charge in [-0.3, -0.25) is 4.98 Å². The topological polar surface area (TPSA) is 63.2 Å². The molecule has 0 aliphatic rings. The summed E-state index contributed by atoms with van der Waals surface area (Å²) in [6.45, 7) is 5.85. The molecule has 0 aliphatic carbocycles. The van der Waals surface area contributed by atoms with Crippen LogP contribution in [-0.2, 0) is 4.74 Å². The van der Waals surface area contributed by atoms with Gasteiger partial charge < -0.3 is 15.4 Å². The first kappa shape index (κ1) is 14.4. The van der Waals surface area contributed by atoms with Gasteiger partial charge in [0, 0.05) is 26.0 Å². The highest BCUT2D eigenvalue weighted by Gasteiger charge is 2.09. The SMILES string of the molecule is CCOCCCNC(=O)NC(C)c1ccccn1. The van der Waals surface area contributed by atoms with Crippen molar-refractivity contribution in [1.29, 1.82) is 0 Å². The van der Waals surface area contributed by atoms with E-state index in [0.717, 1.165) is 12.1 Å². The quantitative estimate of drug-likeness (QED) is 0.727. The van der Waals surface area contributed by atoms with Crippen molar-refractivity contribution in [3.8, 4) is 0 Å². The Morgan fingerprint density at radius 1 is 1.50 bits per heavy atom. The minimum absolute atomic E-state index is 0.0990. The number of aromatic nitrogens is 1. The van der Waals surface area contributed by atoms with Gasteiger partial charge in [0.25, 0.3) is 0 Å². The number of pyridine rings is 1. The minimum Gasteiger partial charge on any atom is -0.382 e. The van der Waals surface area contributed by atoms with Crippen molar-refractivity contribution >= 4 is 6.03 Å². The number of ether oxygens (including phenoxy) is 1. The van der Waals surface area contributed by atoms with Gasteiger partial charge in [0.15, 0.2) is 0 Å². The van der Waals surface area contributed by atoms with Crippen molar-refractivity contribution in [2.24, 2.45) is 0 Å². The Balaban J connectivity index is 2.20. The van der Waals surface area contributed by atoms with Crippen molar-refractivity contribution < 1.29 is 9.53 Å². The van der Waals surface area contributed by atoms with Crippen molar-refractivity contribution in [3.63, 3.8) is 0 Å². The number of nitrogens with zero attached hydrogens (tertiary/aromatic N) is 1. The molecule has 0 fully saturated rings. The first-order valence-corrected chi connectivity index (χ1v) is 6.27. The average Bonchev–Trinajstić information content (AvgIpc) is 2.39. The highest BCUT2D eigenvalue weighted by molar-refractivity contribution is 5.74. The van der Waals surface area contributed by atoms with E-state index in [-0.39, 0.29) is 12.1 Å². The molecule has 100 valence electrons. The Hall–Kier alpha value is -1.62. The predicted molar refractivity (Wildman–Crippen MR) is 70.3 cm³/mol. The molecule has 1 heterocycles. The van der Waals surface area contributed by atoms with Gasteiger partial charge in [-0.1, -0.05) is 6.07 Å². The third kappa shape index (κ3) is 5.63.